The molecule has 0 unspecified atom stereocenters. The predicted octanol–water partition coefficient (Wildman–Crippen LogP) is 2.91. The second kappa shape index (κ2) is 7.56. The topological polar surface area (TPSA) is 106 Å². The van der Waals surface area contributed by atoms with E-state index in [0.717, 1.165) is 28.7 Å². The van der Waals surface area contributed by atoms with E-state index >= 15 is 0 Å². The van der Waals surface area contributed by atoms with Gasteiger partial charge in [-0.25, -0.2) is 14.6 Å². The first kappa shape index (κ1) is 18.4. The number of hydrogen-bond donors (Lipinski definition) is 2. The molecule has 0 aliphatic rings. The monoisotopic (exact) mass is 412 g/mol. The van der Waals surface area contributed by atoms with Crippen molar-refractivity contribution < 1.29 is 4.79 Å². The summed E-state index contributed by atoms with van der Waals surface area (Å²) in [6.45, 7) is 3.85. The maximum Gasteiger partial charge on any atom is 0.262 e. The second-order valence-corrected chi connectivity index (χ2v) is 7.96. The zero-order valence-electron chi connectivity index (χ0n) is 15.1. The maximum atomic E-state index is 12.4. The molecule has 2 N–H and O–H groups in total. The van der Waals surface area contributed by atoms with Crippen LogP contribution in [0.15, 0.2) is 45.8 Å². The molecular weight excluding hydrogens is 396 g/mol. The molecule has 0 aliphatic carbocycles. The van der Waals surface area contributed by atoms with Crippen molar-refractivity contribution in [2.24, 2.45) is 0 Å². The molecule has 3 aromatic heterocycles. The van der Waals surface area contributed by atoms with Crippen LogP contribution in [0.25, 0.3) is 16.7 Å². The minimum Gasteiger partial charge on any atom is -0.301 e. The average Bonchev–Trinajstić information content (AvgIpc) is 3.26. The smallest absolute Gasteiger partial charge is 0.262 e. The number of nitrogens with one attached hydrogen (secondary N) is 2. The number of nitrogens with zero attached hydrogens (tertiary/aromatic N) is 4. The van der Waals surface area contributed by atoms with E-state index in [4.69, 9.17) is 0 Å². The molecular formula is C18H16N6O2S2. The Morgan fingerprint density at radius 2 is 2.18 bits per heavy atom. The molecule has 0 spiro atoms. The fourth-order valence-corrected chi connectivity index (χ4v) is 3.98. The fourth-order valence-electron chi connectivity index (χ4n) is 2.62. The lowest BCUT2D eigenvalue weighted by atomic mass is 10.2. The van der Waals surface area contributed by atoms with Gasteiger partial charge in [-0.15, -0.1) is 11.3 Å². The Hall–Kier alpha value is -2.98. The summed E-state index contributed by atoms with van der Waals surface area (Å²) < 4.78 is 1.63. The van der Waals surface area contributed by atoms with Crippen LogP contribution >= 0.6 is 23.1 Å². The Kier molecular flexibility index (Phi) is 4.97. The van der Waals surface area contributed by atoms with E-state index in [1.54, 1.807) is 4.68 Å². The quantitative estimate of drug-likeness (QED) is 0.386. The number of H-pyrrole nitrogens is 1. The highest BCUT2D eigenvalue weighted by molar-refractivity contribution is 7.99. The lowest BCUT2D eigenvalue weighted by molar-refractivity contribution is -0.113. The molecule has 4 rings (SSSR count). The Labute approximate surface area is 168 Å². The van der Waals surface area contributed by atoms with Gasteiger partial charge in [0, 0.05) is 5.38 Å². The normalized spacial score (nSPS) is 11.1. The van der Waals surface area contributed by atoms with Crippen LogP contribution in [0.3, 0.4) is 0 Å². The van der Waals surface area contributed by atoms with Crippen LogP contribution in [0.5, 0.6) is 0 Å². The molecule has 4 aromatic rings. The number of carbonyl (C=O) groups excluding carboxylic acids is 1. The van der Waals surface area contributed by atoms with Gasteiger partial charge in [-0.3, -0.25) is 9.59 Å². The highest BCUT2D eigenvalue weighted by atomic mass is 32.2. The summed E-state index contributed by atoms with van der Waals surface area (Å²) in [5, 5.41) is 10.2. The Balaban J connectivity index is 1.57. The molecule has 0 bridgehead atoms. The Bertz CT molecular complexity index is 1230. The number of hydrogen-bond acceptors (Lipinski definition) is 7. The van der Waals surface area contributed by atoms with E-state index in [2.05, 4.69) is 25.4 Å². The number of thiazole rings is 1. The summed E-state index contributed by atoms with van der Waals surface area (Å²) in [7, 11) is 0. The van der Waals surface area contributed by atoms with Crippen molar-refractivity contribution in [3.05, 3.63) is 57.5 Å². The summed E-state index contributed by atoms with van der Waals surface area (Å²) in [4.78, 5) is 35.9. The summed E-state index contributed by atoms with van der Waals surface area (Å²) in [6.07, 6.45) is 1.50. The van der Waals surface area contributed by atoms with Crippen LogP contribution < -0.4 is 10.9 Å². The third-order valence-electron chi connectivity index (χ3n) is 3.87. The summed E-state index contributed by atoms with van der Waals surface area (Å²) >= 11 is 2.52. The predicted molar refractivity (Wildman–Crippen MR) is 110 cm³/mol. The van der Waals surface area contributed by atoms with Gasteiger partial charge in [-0.2, -0.15) is 5.10 Å². The Morgan fingerprint density at radius 1 is 1.32 bits per heavy atom. The third kappa shape index (κ3) is 3.82. The second-order valence-electron chi connectivity index (χ2n) is 6.13. The van der Waals surface area contributed by atoms with Crippen molar-refractivity contribution >= 4 is 45.2 Å². The number of aromatic amines is 1. The van der Waals surface area contributed by atoms with E-state index in [-0.39, 0.29) is 17.2 Å². The number of amides is 1. The molecule has 1 aromatic carbocycles. The molecule has 1 amide bonds. The van der Waals surface area contributed by atoms with Crippen LogP contribution in [-0.2, 0) is 4.79 Å². The number of aryl methyl sites for hydroxylation is 2. The average molecular weight is 413 g/mol. The van der Waals surface area contributed by atoms with Gasteiger partial charge < -0.3 is 10.3 Å². The van der Waals surface area contributed by atoms with Crippen molar-refractivity contribution in [2.75, 3.05) is 11.1 Å². The van der Waals surface area contributed by atoms with Gasteiger partial charge in [-0.1, -0.05) is 23.9 Å². The molecule has 0 atom stereocenters. The first-order valence-electron chi connectivity index (χ1n) is 8.39. The van der Waals surface area contributed by atoms with Crippen LogP contribution in [0.2, 0.25) is 0 Å². The van der Waals surface area contributed by atoms with Crippen molar-refractivity contribution in [1.82, 2.24) is 24.7 Å². The summed E-state index contributed by atoms with van der Waals surface area (Å²) in [6, 6.07) is 7.77. The fraction of sp³-hybridized carbons (Fsp3) is 0.167. The summed E-state index contributed by atoms with van der Waals surface area (Å²) in [5.74, 6) is -0.111. The first-order chi connectivity index (χ1) is 13.5. The number of anilines is 1. The molecule has 3 heterocycles. The zero-order valence-corrected chi connectivity index (χ0v) is 16.7. The number of carbonyl (C=O) groups is 1. The molecule has 0 fully saturated rings. The molecule has 8 nitrogen and oxygen atoms in total. The third-order valence-corrected chi connectivity index (χ3v) is 5.62. The van der Waals surface area contributed by atoms with Gasteiger partial charge in [0.15, 0.2) is 15.9 Å². The molecule has 0 aliphatic heterocycles. The van der Waals surface area contributed by atoms with Gasteiger partial charge >= 0.3 is 0 Å². The van der Waals surface area contributed by atoms with E-state index in [1.165, 1.54) is 17.5 Å². The lowest BCUT2D eigenvalue weighted by Gasteiger charge is -2.05. The molecule has 142 valence electrons. The van der Waals surface area contributed by atoms with Gasteiger partial charge in [0.25, 0.3) is 5.56 Å². The van der Waals surface area contributed by atoms with Gasteiger partial charge in [0.2, 0.25) is 5.91 Å². The maximum absolute atomic E-state index is 12.4. The van der Waals surface area contributed by atoms with Crippen LogP contribution in [0, 0.1) is 13.8 Å². The molecule has 0 saturated heterocycles. The minimum absolute atomic E-state index is 0.103. The standard InChI is InChI=1S/C18H16N6O2S2/c1-10-4-3-5-12(6-10)24-15-13(7-19-24)16(26)23-18(22-15)28-9-14(25)21-17-20-11(2)8-27-17/h3-8H,9H2,1-2H3,(H,20,21,25)(H,22,23,26). The van der Waals surface area contributed by atoms with Gasteiger partial charge in [0.05, 0.1) is 23.3 Å². The SMILES string of the molecule is Cc1cccc(-n2ncc3c(=O)[nH]c(SCC(=O)Nc4nc(C)cs4)nc32)c1. The highest BCUT2D eigenvalue weighted by Crippen LogP contribution is 2.19. The van der Waals surface area contributed by atoms with Gasteiger partial charge in [-0.05, 0) is 31.5 Å². The van der Waals surface area contributed by atoms with Crippen molar-refractivity contribution in [3.8, 4) is 5.69 Å². The number of aromatic nitrogens is 5. The van der Waals surface area contributed by atoms with Gasteiger partial charge in [0.1, 0.15) is 5.39 Å². The Morgan fingerprint density at radius 3 is 2.93 bits per heavy atom. The van der Waals surface area contributed by atoms with Crippen LogP contribution in [0.1, 0.15) is 11.3 Å². The number of thioether (sulfide) groups is 1. The van der Waals surface area contributed by atoms with E-state index in [1.807, 2.05) is 43.5 Å². The van der Waals surface area contributed by atoms with Crippen molar-refractivity contribution in [1.29, 1.82) is 0 Å². The molecule has 0 saturated carbocycles. The highest BCUT2D eigenvalue weighted by Gasteiger charge is 2.13. The first-order valence-corrected chi connectivity index (χ1v) is 10.3. The van der Waals surface area contributed by atoms with Crippen LogP contribution in [-0.4, -0.2) is 36.4 Å². The lowest BCUT2D eigenvalue weighted by Crippen LogP contribution is -2.15. The van der Waals surface area contributed by atoms with Crippen molar-refractivity contribution in [3.63, 3.8) is 0 Å². The number of fused-ring (bicyclic) bond motifs is 1. The van der Waals surface area contributed by atoms with E-state index in [0.29, 0.717) is 21.3 Å². The molecule has 28 heavy (non-hydrogen) atoms. The number of rotatable bonds is 5. The van der Waals surface area contributed by atoms with E-state index < -0.39 is 0 Å². The molecule has 10 heteroatoms. The van der Waals surface area contributed by atoms with Crippen molar-refractivity contribution in [2.45, 2.75) is 19.0 Å². The zero-order chi connectivity index (χ0) is 19.7. The number of benzene rings is 1. The molecule has 0 radical (unpaired) electrons. The van der Waals surface area contributed by atoms with E-state index in [9.17, 15) is 9.59 Å². The minimum atomic E-state index is -0.289. The summed E-state index contributed by atoms with van der Waals surface area (Å²) in [5.41, 5.74) is 2.92. The van der Waals surface area contributed by atoms with Crippen LogP contribution in [0.4, 0.5) is 5.13 Å². The largest absolute Gasteiger partial charge is 0.301 e.